The number of methoxy groups -OCH3 is 1. The molecule has 3 nitrogen and oxygen atoms in total. The first-order valence-electron chi connectivity index (χ1n) is 5.26. The molecule has 0 bridgehead atoms. The zero-order chi connectivity index (χ0) is 13.0. The van der Waals surface area contributed by atoms with Crippen LogP contribution in [0.25, 0.3) is 0 Å². The molecule has 0 saturated heterocycles. The Hall–Kier alpha value is -1.81. The van der Waals surface area contributed by atoms with Crippen molar-refractivity contribution >= 4 is 11.6 Å². The zero-order valence-corrected chi connectivity index (χ0v) is 10.4. The van der Waals surface area contributed by atoms with Gasteiger partial charge in [-0.3, -0.25) is 0 Å². The summed E-state index contributed by atoms with van der Waals surface area (Å²) in [5.74, 6) is 0.598. The lowest BCUT2D eigenvalue weighted by Crippen LogP contribution is -1.98. The molecule has 94 valence electrons. The molecular weight excluding hydrogens is 257 g/mol. The van der Waals surface area contributed by atoms with Crippen molar-refractivity contribution in [2.75, 3.05) is 7.11 Å². The van der Waals surface area contributed by atoms with Gasteiger partial charge in [0.25, 0.3) is 0 Å². The Morgan fingerprint density at radius 1 is 1.28 bits per heavy atom. The topological polar surface area (TPSA) is 31.4 Å². The maximum Gasteiger partial charge on any atom is 0.218 e. The predicted molar refractivity (Wildman–Crippen MR) is 66.5 cm³/mol. The summed E-state index contributed by atoms with van der Waals surface area (Å²) in [5.41, 5.74) is 0.718. The second-order valence-electron chi connectivity index (χ2n) is 3.59. The van der Waals surface area contributed by atoms with Gasteiger partial charge in [0.05, 0.1) is 7.11 Å². The van der Waals surface area contributed by atoms with Gasteiger partial charge < -0.3 is 9.47 Å². The summed E-state index contributed by atoms with van der Waals surface area (Å²) in [5, 5.41) is 0.281. The normalized spacial score (nSPS) is 10.2. The summed E-state index contributed by atoms with van der Waals surface area (Å²) in [6.07, 6.45) is 0. The summed E-state index contributed by atoms with van der Waals surface area (Å²) < 4.78 is 23.4. The van der Waals surface area contributed by atoms with Crippen LogP contribution in [0.5, 0.6) is 11.6 Å². The fourth-order valence-electron chi connectivity index (χ4n) is 1.43. The van der Waals surface area contributed by atoms with E-state index in [1.165, 1.54) is 19.2 Å². The third kappa shape index (κ3) is 3.34. The molecular formula is C13H11ClFNO2. The van der Waals surface area contributed by atoms with Crippen molar-refractivity contribution in [2.24, 2.45) is 0 Å². The summed E-state index contributed by atoms with van der Waals surface area (Å²) >= 11 is 5.80. The molecule has 0 radical (unpaired) electrons. The lowest BCUT2D eigenvalue weighted by atomic mass is 10.2. The standard InChI is InChI=1S/C13H11ClFNO2/c1-17-11-6-12(14)16-13(7-11)18-8-9-3-2-4-10(15)5-9/h2-7H,8H2,1H3. The van der Waals surface area contributed by atoms with Gasteiger partial charge in [-0.1, -0.05) is 23.7 Å². The second kappa shape index (κ2) is 5.69. The molecule has 0 N–H and O–H groups in total. The van der Waals surface area contributed by atoms with Crippen LogP contribution < -0.4 is 9.47 Å². The first kappa shape index (κ1) is 12.6. The van der Waals surface area contributed by atoms with Crippen molar-refractivity contribution in [3.63, 3.8) is 0 Å². The van der Waals surface area contributed by atoms with E-state index in [9.17, 15) is 4.39 Å². The van der Waals surface area contributed by atoms with Crippen molar-refractivity contribution in [1.82, 2.24) is 4.98 Å². The van der Waals surface area contributed by atoms with Crippen molar-refractivity contribution < 1.29 is 13.9 Å². The minimum absolute atomic E-state index is 0.217. The Kier molecular flexibility index (Phi) is 3.99. The van der Waals surface area contributed by atoms with Gasteiger partial charge in [-0.2, -0.15) is 0 Å². The van der Waals surface area contributed by atoms with E-state index in [4.69, 9.17) is 21.1 Å². The van der Waals surface area contributed by atoms with Gasteiger partial charge in [-0.05, 0) is 17.7 Å². The highest BCUT2D eigenvalue weighted by Gasteiger charge is 2.03. The number of halogens is 2. The molecule has 18 heavy (non-hydrogen) atoms. The average Bonchev–Trinajstić information content (AvgIpc) is 2.36. The van der Waals surface area contributed by atoms with Gasteiger partial charge in [0.15, 0.2) is 0 Å². The van der Waals surface area contributed by atoms with E-state index in [-0.39, 0.29) is 17.6 Å². The second-order valence-corrected chi connectivity index (χ2v) is 3.97. The minimum Gasteiger partial charge on any atom is -0.496 e. The molecule has 5 heteroatoms. The number of benzene rings is 1. The van der Waals surface area contributed by atoms with Gasteiger partial charge in [0.1, 0.15) is 23.3 Å². The van der Waals surface area contributed by atoms with Crippen molar-refractivity contribution in [1.29, 1.82) is 0 Å². The average molecular weight is 268 g/mol. The maximum atomic E-state index is 13.0. The Morgan fingerprint density at radius 2 is 2.11 bits per heavy atom. The summed E-state index contributed by atoms with van der Waals surface area (Å²) in [4.78, 5) is 3.99. The summed E-state index contributed by atoms with van der Waals surface area (Å²) in [6.45, 7) is 0.217. The number of ether oxygens (including phenoxy) is 2. The van der Waals surface area contributed by atoms with Crippen molar-refractivity contribution in [3.05, 3.63) is 52.9 Å². The first-order valence-corrected chi connectivity index (χ1v) is 5.64. The lowest BCUT2D eigenvalue weighted by molar-refractivity contribution is 0.290. The Balaban J connectivity index is 2.08. The third-order valence-corrected chi connectivity index (χ3v) is 2.45. The zero-order valence-electron chi connectivity index (χ0n) is 9.69. The molecule has 2 aromatic rings. The number of aromatic nitrogens is 1. The van der Waals surface area contributed by atoms with Crippen molar-refractivity contribution in [3.8, 4) is 11.6 Å². The highest BCUT2D eigenvalue weighted by molar-refractivity contribution is 6.29. The van der Waals surface area contributed by atoms with E-state index >= 15 is 0 Å². The number of hydrogen-bond donors (Lipinski definition) is 0. The van der Waals surface area contributed by atoms with Gasteiger partial charge in [0.2, 0.25) is 5.88 Å². The van der Waals surface area contributed by atoms with Crippen LogP contribution in [0.1, 0.15) is 5.56 Å². The van der Waals surface area contributed by atoms with E-state index < -0.39 is 0 Å². The molecule has 0 atom stereocenters. The number of hydrogen-bond acceptors (Lipinski definition) is 3. The van der Waals surface area contributed by atoms with E-state index in [1.54, 1.807) is 24.3 Å². The largest absolute Gasteiger partial charge is 0.496 e. The molecule has 0 aliphatic rings. The lowest BCUT2D eigenvalue weighted by Gasteiger charge is -2.07. The van der Waals surface area contributed by atoms with Crippen LogP contribution in [0.15, 0.2) is 36.4 Å². The SMILES string of the molecule is COc1cc(Cl)nc(OCc2cccc(F)c2)c1. The molecule has 0 aliphatic heterocycles. The van der Waals surface area contributed by atoms with Crippen LogP contribution in [0.3, 0.4) is 0 Å². The van der Waals surface area contributed by atoms with E-state index in [1.807, 2.05) is 0 Å². The fraction of sp³-hybridized carbons (Fsp3) is 0.154. The van der Waals surface area contributed by atoms with Gasteiger partial charge in [-0.25, -0.2) is 9.37 Å². The monoisotopic (exact) mass is 267 g/mol. The highest BCUT2D eigenvalue weighted by atomic mass is 35.5. The Labute approximate surface area is 109 Å². The molecule has 0 fully saturated rings. The van der Waals surface area contributed by atoms with Crippen LogP contribution in [0.2, 0.25) is 5.15 Å². The Bertz CT molecular complexity index is 548. The molecule has 1 heterocycles. The van der Waals surface area contributed by atoms with Crippen LogP contribution in [0, 0.1) is 5.82 Å². The fourth-order valence-corrected chi connectivity index (χ4v) is 1.62. The van der Waals surface area contributed by atoms with Crippen LogP contribution in [-0.2, 0) is 6.61 Å². The molecule has 0 aliphatic carbocycles. The van der Waals surface area contributed by atoms with Gasteiger partial charge >= 0.3 is 0 Å². The van der Waals surface area contributed by atoms with Crippen molar-refractivity contribution in [2.45, 2.75) is 6.61 Å². The molecule has 0 unspecified atom stereocenters. The quantitative estimate of drug-likeness (QED) is 0.795. The van der Waals surface area contributed by atoms with Gasteiger partial charge in [0, 0.05) is 12.1 Å². The predicted octanol–water partition coefficient (Wildman–Crippen LogP) is 3.46. The van der Waals surface area contributed by atoms with Crippen LogP contribution >= 0.6 is 11.6 Å². The Morgan fingerprint density at radius 3 is 2.83 bits per heavy atom. The van der Waals surface area contributed by atoms with Crippen LogP contribution in [-0.4, -0.2) is 12.1 Å². The molecule has 1 aromatic carbocycles. The van der Waals surface area contributed by atoms with Gasteiger partial charge in [-0.15, -0.1) is 0 Å². The first-order chi connectivity index (χ1) is 8.67. The summed E-state index contributed by atoms with van der Waals surface area (Å²) in [7, 11) is 1.53. The number of pyridine rings is 1. The molecule has 0 amide bonds. The number of nitrogens with zero attached hydrogens (tertiary/aromatic N) is 1. The highest BCUT2D eigenvalue weighted by Crippen LogP contribution is 2.22. The maximum absolute atomic E-state index is 13.0. The van der Waals surface area contributed by atoms with E-state index in [2.05, 4.69) is 4.98 Å². The smallest absolute Gasteiger partial charge is 0.218 e. The molecule has 0 saturated carbocycles. The van der Waals surface area contributed by atoms with E-state index in [0.717, 1.165) is 5.56 Å². The molecule has 1 aromatic heterocycles. The molecule has 0 spiro atoms. The van der Waals surface area contributed by atoms with Crippen LogP contribution in [0.4, 0.5) is 4.39 Å². The molecule has 2 rings (SSSR count). The van der Waals surface area contributed by atoms with E-state index in [0.29, 0.717) is 11.6 Å². The third-order valence-electron chi connectivity index (χ3n) is 2.26. The summed E-state index contributed by atoms with van der Waals surface area (Å²) in [6, 6.07) is 9.37. The minimum atomic E-state index is -0.298. The number of rotatable bonds is 4.